The number of halogens is 2. The Morgan fingerprint density at radius 2 is 1.68 bits per heavy atom. The minimum absolute atomic E-state index is 0.0308. The molecular formula is C56H58BF2N11O5S+. The third-order valence-corrected chi connectivity index (χ3v) is 15.1. The maximum absolute atomic E-state index is 14.1. The number of fused-ring (bicyclic) bond motifs is 2. The Balaban J connectivity index is 0.586. The fraction of sp³-hybridized carbons (Fsp3) is 0.286. The molecule has 6 aromatic rings. The Bertz CT molecular complexity index is 3170. The number of piperazine rings is 1. The predicted molar refractivity (Wildman–Crippen MR) is 293 cm³/mol. The largest absolute Gasteiger partial charge is 0.609 e. The van der Waals surface area contributed by atoms with Gasteiger partial charge in [-0.2, -0.15) is 4.98 Å². The van der Waals surface area contributed by atoms with Crippen molar-refractivity contribution in [2.75, 3.05) is 81.6 Å². The molecule has 3 aromatic heterocycles. The molecule has 7 heterocycles. The van der Waals surface area contributed by atoms with E-state index in [9.17, 15) is 27.8 Å². The number of piperidine rings is 1. The van der Waals surface area contributed by atoms with E-state index in [1.54, 1.807) is 66.7 Å². The molecule has 1 atom stereocenters. The van der Waals surface area contributed by atoms with Gasteiger partial charge in [-0.1, -0.05) is 24.6 Å². The van der Waals surface area contributed by atoms with E-state index in [1.807, 2.05) is 93.9 Å². The van der Waals surface area contributed by atoms with Gasteiger partial charge in [-0.3, -0.25) is 29.0 Å². The van der Waals surface area contributed by atoms with Gasteiger partial charge in [-0.25, -0.2) is 4.98 Å². The van der Waals surface area contributed by atoms with Crippen LogP contribution in [0.25, 0.3) is 17.3 Å². The number of carbonyl (C=O) groups is 4. The number of thiophene rings is 1. The van der Waals surface area contributed by atoms with E-state index in [0.717, 1.165) is 70.8 Å². The van der Waals surface area contributed by atoms with Crippen LogP contribution in [-0.2, 0) is 9.59 Å². The van der Waals surface area contributed by atoms with Crippen LogP contribution in [0, 0.1) is 6.42 Å². The summed E-state index contributed by atoms with van der Waals surface area (Å²) in [6.07, 6.45) is 12.6. The lowest BCUT2D eigenvalue weighted by Crippen LogP contribution is -2.55. The summed E-state index contributed by atoms with van der Waals surface area (Å²) >= 11 is 1.42. The van der Waals surface area contributed by atoms with E-state index >= 15 is 0 Å². The van der Waals surface area contributed by atoms with Gasteiger partial charge in [0.25, 0.3) is 17.7 Å². The first-order chi connectivity index (χ1) is 37.0. The Morgan fingerprint density at radius 1 is 0.882 bits per heavy atom. The molecule has 0 saturated carbocycles. The number of carbonyl (C=O) groups excluding carboxylic acids is 4. The fourth-order valence-electron chi connectivity index (χ4n) is 9.98. The normalized spacial score (nSPS) is 17.2. The van der Waals surface area contributed by atoms with E-state index < -0.39 is 7.40 Å². The number of aromatic nitrogens is 3. The highest BCUT2D eigenvalue weighted by Gasteiger charge is 2.36. The Morgan fingerprint density at radius 3 is 2.43 bits per heavy atom. The number of hydrogen-bond acceptors (Lipinski definition) is 11. The van der Waals surface area contributed by atoms with Crippen LogP contribution in [0.2, 0.25) is 0 Å². The molecule has 4 aliphatic heterocycles. The number of nitrogens with zero attached hydrogens (tertiary/aromatic N) is 8. The number of nitrogens with one attached hydrogen (secondary N) is 3. The molecule has 0 bridgehead atoms. The zero-order chi connectivity index (χ0) is 52.7. The minimum atomic E-state index is -2.68. The van der Waals surface area contributed by atoms with Crippen LogP contribution in [0.1, 0.15) is 63.4 Å². The van der Waals surface area contributed by atoms with Gasteiger partial charge in [-0.15, -0.1) is 11.3 Å². The van der Waals surface area contributed by atoms with Crippen molar-refractivity contribution in [2.24, 2.45) is 0 Å². The first-order valence-corrected chi connectivity index (χ1v) is 26.4. The number of para-hydroxylation sites is 1. The zero-order valence-electron chi connectivity index (χ0n) is 42.3. The molecule has 0 aliphatic carbocycles. The molecule has 1 unspecified atom stereocenters. The maximum Gasteiger partial charge on any atom is 0.609 e. The first-order valence-electron chi connectivity index (χ1n) is 25.5. The number of unbranched alkanes of at least 4 members (excludes halogenated alkanes) is 2. The average Bonchev–Trinajstić information content (AvgIpc) is 4.26. The van der Waals surface area contributed by atoms with Crippen molar-refractivity contribution in [1.82, 2.24) is 35.0 Å². The number of allylic oxidation sites excluding steroid dienone is 2. The number of aromatic amines is 1. The topological polar surface area (TPSA) is 162 Å². The van der Waals surface area contributed by atoms with Gasteiger partial charge < -0.3 is 48.2 Å². The summed E-state index contributed by atoms with van der Waals surface area (Å²) < 4.78 is 34.9. The quantitative estimate of drug-likeness (QED) is 0.0461. The molecule has 2 fully saturated rings. The van der Waals surface area contributed by atoms with Crippen molar-refractivity contribution in [3.05, 3.63) is 155 Å². The van der Waals surface area contributed by atoms with Gasteiger partial charge >= 0.3 is 7.40 Å². The smallest absolute Gasteiger partial charge is 0.484 e. The summed E-state index contributed by atoms with van der Waals surface area (Å²) in [5.74, 6) is 1.26. The van der Waals surface area contributed by atoms with Crippen molar-refractivity contribution in [2.45, 2.75) is 38.1 Å². The third kappa shape index (κ3) is 11.6. The van der Waals surface area contributed by atoms with E-state index in [2.05, 4.69) is 31.9 Å². The molecule has 3 aromatic carbocycles. The van der Waals surface area contributed by atoms with Crippen LogP contribution >= 0.6 is 11.3 Å². The van der Waals surface area contributed by atoms with Crippen molar-refractivity contribution >= 4 is 83.0 Å². The van der Waals surface area contributed by atoms with Gasteiger partial charge in [0.2, 0.25) is 11.9 Å². The van der Waals surface area contributed by atoms with Crippen molar-refractivity contribution in [1.29, 1.82) is 0 Å². The molecule has 3 N–H and O–H groups in total. The molecule has 20 heteroatoms. The number of benzene rings is 3. The highest BCUT2D eigenvalue weighted by molar-refractivity contribution is 7.12. The van der Waals surface area contributed by atoms with E-state index in [4.69, 9.17) is 9.72 Å². The third-order valence-electron chi connectivity index (χ3n) is 14.2. The Labute approximate surface area is 444 Å². The SMILES string of the molecule is CN1C(=O)c2ccccc2N(C)c2nc(Nc3ccc(C(=O)N4C[CH+]C(N5CCN(C(=O)CCCCCNC(=O)COc6ccc(-c7ccc(C=C8C=CC(c9cccs9)=[N+]8[B-](F)F)[nH]7)cc6)CC5)CC4)cc3)ncc21. The number of H-pyrrole nitrogens is 1. The summed E-state index contributed by atoms with van der Waals surface area (Å²) in [6.45, 7) is 4.47. The number of amides is 4. The van der Waals surface area contributed by atoms with Crippen molar-refractivity contribution in [3.63, 3.8) is 0 Å². The summed E-state index contributed by atoms with van der Waals surface area (Å²) in [5.41, 5.74) is 6.50. The number of hydrogen-bond donors (Lipinski definition) is 3. The zero-order valence-corrected chi connectivity index (χ0v) is 43.1. The van der Waals surface area contributed by atoms with Crippen LogP contribution in [0.15, 0.2) is 126 Å². The second-order valence-corrected chi connectivity index (χ2v) is 20.0. The lowest BCUT2D eigenvalue weighted by Gasteiger charge is -2.38. The number of anilines is 5. The van der Waals surface area contributed by atoms with E-state index in [0.29, 0.717) is 90.6 Å². The predicted octanol–water partition coefficient (Wildman–Crippen LogP) is 8.29. The van der Waals surface area contributed by atoms with Crippen LogP contribution < -0.4 is 25.2 Å². The fourth-order valence-corrected chi connectivity index (χ4v) is 10.7. The minimum Gasteiger partial charge on any atom is -0.484 e. The standard InChI is InChI=1S/C56H56BF2N11O5S/c1-65-47-10-6-5-9-45(47)55(74)66(2)49-36-61-56(64-53(49)65)63-40-17-13-39(14-18-40)54(73)69-28-25-42(26-29-69)67-30-32-68(33-31-67)52(72)12-4-3-7-27-60-51(71)37-75-44-21-15-38(16-22-44)46-23-19-41(62-46)35-43-20-24-48(70(43)57(58)59)50-11-8-34-76-50/h5-6,8-11,13-25,34-36,42,62H,3-4,7,12,26-33,37H2,1-2H3/q-1/p+2. The second-order valence-electron chi connectivity index (χ2n) is 19.0. The monoisotopic (exact) mass is 1050 g/mol. The first kappa shape index (κ1) is 51.4. The van der Waals surface area contributed by atoms with Gasteiger partial charge in [0.1, 0.15) is 17.9 Å². The molecule has 4 aliphatic rings. The molecule has 389 valence electrons. The molecule has 0 spiro atoms. The van der Waals surface area contributed by atoms with Gasteiger partial charge in [0.05, 0.1) is 22.3 Å². The number of likely N-dealkylation sites (tertiary alicyclic amines) is 1. The molecule has 2 saturated heterocycles. The van der Waals surface area contributed by atoms with E-state index in [-0.39, 0.29) is 36.3 Å². The van der Waals surface area contributed by atoms with Gasteiger partial charge in [0, 0.05) is 107 Å². The Kier molecular flexibility index (Phi) is 15.7. The van der Waals surface area contributed by atoms with Gasteiger partial charge in [-0.05, 0) is 103 Å². The molecular weight excluding hydrogens is 988 g/mol. The number of ether oxygens (including phenoxy) is 1. The van der Waals surface area contributed by atoms with E-state index in [1.165, 1.54) is 11.3 Å². The van der Waals surface area contributed by atoms with Crippen LogP contribution in [0.5, 0.6) is 5.75 Å². The van der Waals surface area contributed by atoms with Crippen molar-refractivity contribution in [3.8, 4) is 17.0 Å². The average molecular weight is 1050 g/mol. The molecule has 16 nitrogen and oxygen atoms in total. The van der Waals surface area contributed by atoms with Crippen molar-refractivity contribution < 1.29 is 37.0 Å². The molecule has 76 heavy (non-hydrogen) atoms. The summed E-state index contributed by atoms with van der Waals surface area (Å²) in [4.78, 5) is 75.3. The number of rotatable bonds is 17. The highest BCUT2D eigenvalue weighted by atomic mass is 32.1. The highest BCUT2D eigenvalue weighted by Crippen LogP contribution is 2.38. The lowest BCUT2D eigenvalue weighted by atomic mass is 10.0. The molecule has 1 radical (unpaired) electrons. The lowest BCUT2D eigenvalue weighted by molar-refractivity contribution is -0.339. The summed E-state index contributed by atoms with van der Waals surface area (Å²) in [5, 5.41) is 8.01. The van der Waals surface area contributed by atoms with Crippen LogP contribution in [0.4, 0.5) is 37.5 Å². The maximum atomic E-state index is 14.1. The summed E-state index contributed by atoms with van der Waals surface area (Å²) in [7, 11) is 0.909. The molecule has 10 rings (SSSR count). The molecule has 4 amide bonds. The second kappa shape index (κ2) is 23.2. The van der Waals surface area contributed by atoms with Crippen LogP contribution in [-0.4, -0.2) is 143 Å². The van der Waals surface area contributed by atoms with Gasteiger partial charge in [0.15, 0.2) is 36.4 Å². The summed E-state index contributed by atoms with van der Waals surface area (Å²) in [6, 6.07) is 29.7. The van der Waals surface area contributed by atoms with Crippen LogP contribution in [0.3, 0.4) is 0 Å². The Hall–Kier alpha value is -8.10.